The maximum atomic E-state index is 12.7. The summed E-state index contributed by atoms with van der Waals surface area (Å²) in [6, 6.07) is 14.9. The first-order chi connectivity index (χ1) is 11.5. The van der Waals surface area contributed by atoms with Gasteiger partial charge in [-0.05, 0) is 23.8 Å². The molecule has 0 amide bonds. The van der Waals surface area contributed by atoms with E-state index >= 15 is 0 Å². The third kappa shape index (κ3) is 4.11. The van der Waals surface area contributed by atoms with Gasteiger partial charge in [0.25, 0.3) is 10.0 Å². The minimum absolute atomic E-state index is 0.0360. The molecule has 0 bridgehead atoms. The monoisotopic (exact) mass is 343 g/mol. The molecule has 0 unspecified atom stereocenters. The number of hydrogen-bond acceptors (Lipinski definition) is 3. The normalized spacial score (nSPS) is 11.3. The molecule has 5 nitrogen and oxygen atoms in total. The van der Waals surface area contributed by atoms with Gasteiger partial charge >= 0.3 is 5.97 Å². The molecule has 2 aromatic carbocycles. The number of nitrogens with zero attached hydrogens (tertiary/aromatic N) is 1. The van der Waals surface area contributed by atoms with E-state index in [1.54, 1.807) is 36.4 Å². The minimum Gasteiger partial charge on any atom is -0.478 e. The molecule has 1 N–H and O–H groups in total. The number of anilines is 1. The first-order valence-corrected chi connectivity index (χ1v) is 8.65. The van der Waals surface area contributed by atoms with Crippen LogP contribution in [0.2, 0.25) is 0 Å². The Morgan fingerprint density at radius 2 is 1.71 bits per heavy atom. The Labute approximate surface area is 141 Å². The highest BCUT2D eigenvalue weighted by Gasteiger charge is 2.23. The molecule has 0 atom stereocenters. The van der Waals surface area contributed by atoms with Crippen LogP contribution >= 0.6 is 0 Å². The quantitative estimate of drug-likeness (QED) is 0.782. The molecule has 0 fully saturated rings. The number of sulfonamides is 1. The van der Waals surface area contributed by atoms with Crippen LogP contribution in [0.4, 0.5) is 5.69 Å². The largest absolute Gasteiger partial charge is 0.478 e. The van der Waals surface area contributed by atoms with E-state index in [1.165, 1.54) is 24.3 Å². The van der Waals surface area contributed by atoms with Gasteiger partial charge in [0.1, 0.15) is 0 Å². The zero-order chi connectivity index (χ0) is 17.6. The van der Waals surface area contributed by atoms with E-state index in [-0.39, 0.29) is 17.8 Å². The Balaban J connectivity index is 2.45. The Bertz CT molecular complexity index is 858. The Morgan fingerprint density at radius 3 is 2.33 bits per heavy atom. The van der Waals surface area contributed by atoms with Gasteiger partial charge in [-0.3, -0.25) is 4.31 Å². The summed E-state index contributed by atoms with van der Waals surface area (Å²) in [6.07, 6.45) is 2.88. The highest BCUT2D eigenvalue weighted by Crippen LogP contribution is 2.24. The highest BCUT2D eigenvalue weighted by molar-refractivity contribution is 7.95. The Morgan fingerprint density at radius 1 is 1.08 bits per heavy atom. The first kappa shape index (κ1) is 17.5. The summed E-state index contributed by atoms with van der Waals surface area (Å²) in [5, 5.41) is 10.4. The molecule has 0 saturated carbocycles. The van der Waals surface area contributed by atoms with Crippen LogP contribution in [0, 0.1) is 0 Å². The van der Waals surface area contributed by atoms with Crippen molar-refractivity contribution in [3.63, 3.8) is 0 Å². The average Bonchev–Trinajstić information content (AvgIpc) is 2.59. The number of aromatic carboxylic acids is 1. The molecule has 0 heterocycles. The molecule has 0 saturated heterocycles. The molecule has 124 valence electrons. The predicted octanol–water partition coefficient (Wildman–Crippen LogP) is 3.38. The number of carboxylic acid groups (broad SMARTS) is 1. The van der Waals surface area contributed by atoms with Crippen molar-refractivity contribution < 1.29 is 18.3 Å². The molecule has 0 aliphatic rings. The van der Waals surface area contributed by atoms with Crippen molar-refractivity contribution in [1.82, 2.24) is 0 Å². The van der Waals surface area contributed by atoms with E-state index in [0.717, 1.165) is 15.3 Å². The van der Waals surface area contributed by atoms with Crippen molar-refractivity contribution in [2.24, 2.45) is 0 Å². The number of benzene rings is 2. The molecule has 0 aliphatic heterocycles. The lowest BCUT2D eigenvalue weighted by atomic mass is 10.2. The summed E-state index contributed by atoms with van der Waals surface area (Å²) in [7, 11) is -3.87. The minimum atomic E-state index is -3.87. The van der Waals surface area contributed by atoms with E-state index in [1.807, 2.05) is 6.07 Å². The van der Waals surface area contributed by atoms with E-state index < -0.39 is 16.0 Å². The predicted molar refractivity (Wildman–Crippen MR) is 95.3 cm³/mol. The fraction of sp³-hybridized carbons (Fsp3) is 0.0556. The molecule has 0 spiro atoms. The number of para-hydroxylation sites is 1. The topological polar surface area (TPSA) is 74.7 Å². The summed E-state index contributed by atoms with van der Waals surface area (Å²) < 4.78 is 26.4. The molecule has 2 rings (SSSR count). The summed E-state index contributed by atoms with van der Waals surface area (Å²) in [5.41, 5.74) is 0.741. The lowest BCUT2D eigenvalue weighted by molar-refractivity contribution is 0.0698. The molecular formula is C18H17NO4S. The zero-order valence-corrected chi connectivity index (χ0v) is 13.7. The van der Waals surface area contributed by atoms with Crippen LogP contribution in [-0.2, 0) is 10.0 Å². The smallest absolute Gasteiger partial charge is 0.337 e. The van der Waals surface area contributed by atoms with Crippen LogP contribution in [-0.4, -0.2) is 26.0 Å². The fourth-order valence-corrected chi connectivity index (χ4v) is 3.35. The summed E-state index contributed by atoms with van der Waals surface area (Å²) in [5.74, 6) is -1.19. The average molecular weight is 343 g/mol. The molecule has 0 radical (unpaired) electrons. The van der Waals surface area contributed by atoms with Crippen LogP contribution in [0.15, 0.2) is 72.7 Å². The second kappa shape index (κ2) is 7.61. The van der Waals surface area contributed by atoms with Gasteiger partial charge in [-0.15, -0.1) is 6.58 Å². The second-order valence-corrected chi connectivity index (χ2v) is 6.64. The van der Waals surface area contributed by atoms with Crippen molar-refractivity contribution in [1.29, 1.82) is 0 Å². The van der Waals surface area contributed by atoms with Crippen molar-refractivity contribution >= 4 is 27.8 Å². The van der Waals surface area contributed by atoms with Crippen molar-refractivity contribution in [3.05, 3.63) is 83.8 Å². The molecular weight excluding hydrogens is 326 g/mol. The molecule has 24 heavy (non-hydrogen) atoms. The molecule has 6 heteroatoms. The molecule has 2 aromatic rings. The van der Waals surface area contributed by atoms with Gasteiger partial charge in [0, 0.05) is 0 Å². The van der Waals surface area contributed by atoms with Gasteiger partial charge in [-0.25, -0.2) is 13.2 Å². The fourth-order valence-electron chi connectivity index (χ4n) is 2.13. The van der Waals surface area contributed by atoms with Crippen LogP contribution < -0.4 is 4.31 Å². The first-order valence-electron chi connectivity index (χ1n) is 7.15. The second-order valence-electron chi connectivity index (χ2n) is 4.90. The zero-order valence-electron chi connectivity index (χ0n) is 12.9. The third-order valence-corrected chi connectivity index (χ3v) is 4.68. The number of hydrogen-bond donors (Lipinski definition) is 1. The lowest BCUT2D eigenvalue weighted by Gasteiger charge is -2.22. The molecule has 0 aliphatic carbocycles. The van der Waals surface area contributed by atoms with Gasteiger partial charge in [0.05, 0.1) is 23.2 Å². The number of rotatable bonds is 7. The maximum absolute atomic E-state index is 12.7. The van der Waals surface area contributed by atoms with Crippen molar-refractivity contribution in [2.45, 2.75) is 0 Å². The highest BCUT2D eigenvalue weighted by atomic mass is 32.2. The van der Waals surface area contributed by atoms with Crippen LogP contribution in [0.3, 0.4) is 0 Å². The Kier molecular flexibility index (Phi) is 5.55. The number of carboxylic acids is 1. The van der Waals surface area contributed by atoms with Gasteiger partial charge in [0.15, 0.2) is 0 Å². The Hall–Kier alpha value is -2.86. The maximum Gasteiger partial charge on any atom is 0.337 e. The van der Waals surface area contributed by atoms with Gasteiger partial charge in [-0.2, -0.15) is 0 Å². The van der Waals surface area contributed by atoms with E-state index in [0.29, 0.717) is 0 Å². The lowest BCUT2D eigenvalue weighted by Crippen LogP contribution is -2.30. The number of carbonyl (C=O) groups is 1. The van der Waals surface area contributed by atoms with Crippen LogP contribution in [0.25, 0.3) is 6.08 Å². The SMILES string of the molecule is C=CCN(c1ccccc1C(=O)O)S(=O)(=O)C=Cc1ccccc1. The standard InChI is InChI=1S/C18H17NO4S/c1-2-13-19(17-11-7-6-10-16(17)18(20)21)24(22,23)14-12-15-8-4-3-5-9-15/h2-12,14H,1,13H2,(H,20,21). The summed E-state index contributed by atoms with van der Waals surface area (Å²) in [4.78, 5) is 11.4. The van der Waals surface area contributed by atoms with Crippen molar-refractivity contribution in [2.75, 3.05) is 10.8 Å². The van der Waals surface area contributed by atoms with Gasteiger partial charge in [0.2, 0.25) is 0 Å². The van der Waals surface area contributed by atoms with Gasteiger partial charge in [-0.1, -0.05) is 48.5 Å². The summed E-state index contributed by atoms with van der Waals surface area (Å²) >= 11 is 0. The van der Waals surface area contributed by atoms with Crippen LogP contribution in [0.1, 0.15) is 15.9 Å². The van der Waals surface area contributed by atoms with E-state index in [9.17, 15) is 18.3 Å². The molecule has 0 aromatic heterocycles. The summed E-state index contributed by atoms with van der Waals surface area (Å²) in [6.45, 7) is 3.52. The van der Waals surface area contributed by atoms with E-state index in [4.69, 9.17) is 0 Å². The van der Waals surface area contributed by atoms with Crippen molar-refractivity contribution in [3.8, 4) is 0 Å². The van der Waals surface area contributed by atoms with E-state index in [2.05, 4.69) is 6.58 Å². The van der Waals surface area contributed by atoms with Crippen LogP contribution in [0.5, 0.6) is 0 Å². The third-order valence-electron chi connectivity index (χ3n) is 3.24. The van der Waals surface area contributed by atoms with Gasteiger partial charge < -0.3 is 5.11 Å².